The number of hydrogen-bond donors (Lipinski definition) is 1. The summed E-state index contributed by atoms with van der Waals surface area (Å²) in [4.78, 5) is 4.17. The van der Waals surface area contributed by atoms with Gasteiger partial charge in [-0.05, 0) is 37.6 Å². The maximum atomic E-state index is 4.42. The first-order chi connectivity index (χ1) is 8.70. The molecule has 0 amide bonds. The predicted octanol–water partition coefficient (Wildman–Crippen LogP) is 2.02. The third kappa shape index (κ3) is 2.96. The van der Waals surface area contributed by atoms with Gasteiger partial charge >= 0.3 is 0 Å². The van der Waals surface area contributed by atoms with Crippen molar-refractivity contribution >= 4 is 0 Å². The Labute approximate surface area is 108 Å². The number of likely N-dealkylation sites (N-methyl/N-ethyl adjacent to an activating group) is 1. The highest BCUT2D eigenvalue weighted by Gasteiger charge is 2.15. The lowest BCUT2D eigenvalue weighted by atomic mass is 10.0. The normalized spacial score (nSPS) is 12.6. The molecule has 18 heavy (non-hydrogen) atoms. The van der Waals surface area contributed by atoms with Crippen molar-refractivity contribution in [1.82, 2.24) is 20.1 Å². The molecule has 4 heteroatoms. The number of rotatable bonds is 5. The molecule has 0 aliphatic rings. The Morgan fingerprint density at radius 2 is 2.28 bits per heavy atom. The van der Waals surface area contributed by atoms with Crippen LogP contribution in [0.2, 0.25) is 0 Å². The second-order valence-electron chi connectivity index (χ2n) is 4.51. The predicted molar refractivity (Wildman–Crippen MR) is 72.3 cm³/mol. The van der Waals surface area contributed by atoms with Gasteiger partial charge in [0, 0.05) is 19.4 Å². The van der Waals surface area contributed by atoms with E-state index >= 15 is 0 Å². The van der Waals surface area contributed by atoms with Crippen LogP contribution in [0.5, 0.6) is 0 Å². The van der Waals surface area contributed by atoms with E-state index in [1.165, 1.54) is 11.3 Å². The smallest absolute Gasteiger partial charge is 0.0597 e. The number of hydrogen-bond acceptors (Lipinski definition) is 3. The second-order valence-corrected chi connectivity index (χ2v) is 4.51. The molecule has 0 saturated carbocycles. The summed E-state index contributed by atoms with van der Waals surface area (Å²) in [6.07, 6.45) is 4.66. The summed E-state index contributed by atoms with van der Waals surface area (Å²) in [6.45, 7) is 5.09. The Hall–Kier alpha value is -1.68. The van der Waals surface area contributed by atoms with Gasteiger partial charge in [-0.25, -0.2) is 0 Å². The fourth-order valence-electron chi connectivity index (χ4n) is 2.24. The third-order valence-electron chi connectivity index (χ3n) is 3.01. The summed E-state index contributed by atoms with van der Waals surface area (Å²) < 4.78 is 1.96. The lowest BCUT2D eigenvalue weighted by Gasteiger charge is -2.18. The van der Waals surface area contributed by atoms with E-state index in [0.717, 1.165) is 18.7 Å². The van der Waals surface area contributed by atoms with Crippen LogP contribution in [0.15, 0.2) is 30.6 Å². The fourth-order valence-corrected chi connectivity index (χ4v) is 2.24. The topological polar surface area (TPSA) is 42.7 Å². The Morgan fingerprint density at radius 1 is 1.44 bits per heavy atom. The molecule has 2 aromatic heterocycles. The summed E-state index contributed by atoms with van der Waals surface area (Å²) in [6, 6.07) is 6.52. The van der Waals surface area contributed by atoms with Crippen molar-refractivity contribution < 1.29 is 0 Å². The van der Waals surface area contributed by atoms with Crippen LogP contribution >= 0.6 is 0 Å². The van der Waals surface area contributed by atoms with Gasteiger partial charge in [-0.2, -0.15) is 5.10 Å². The lowest BCUT2D eigenvalue weighted by molar-refractivity contribution is 0.507. The van der Waals surface area contributed by atoms with E-state index in [9.17, 15) is 0 Å². The van der Waals surface area contributed by atoms with E-state index in [-0.39, 0.29) is 6.04 Å². The molecule has 0 radical (unpaired) electrons. The zero-order chi connectivity index (χ0) is 13.0. The summed E-state index contributed by atoms with van der Waals surface area (Å²) in [5.41, 5.74) is 3.52. The van der Waals surface area contributed by atoms with Crippen LogP contribution in [0.4, 0.5) is 0 Å². The molecule has 4 nitrogen and oxygen atoms in total. The number of nitrogens with one attached hydrogen (secondary N) is 1. The summed E-state index contributed by atoms with van der Waals surface area (Å²) in [7, 11) is 2.00. The summed E-state index contributed by atoms with van der Waals surface area (Å²) in [5.74, 6) is 0. The molecule has 0 bridgehead atoms. The maximum absolute atomic E-state index is 4.42. The molecule has 0 fully saturated rings. The summed E-state index contributed by atoms with van der Waals surface area (Å²) in [5, 5.41) is 7.93. The van der Waals surface area contributed by atoms with E-state index in [4.69, 9.17) is 0 Å². The molecule has 0 aliphatic carbocycles. The van der Waals surface area contributed by atoms with E-state index < -0.39 is 0 Å². The summed E-state index contributed by atoms with van der Waals surface area (Å²) >= 11 is 0. The van der Waals surface area contributed by atoms with E-state index in [1.54, 1.807) is 6.20 Å². The number of aryl methyl sites for hydroxylation is 2. The first kappa shape index (κ1) is 12.8. The molecule has 0 aromatic carbocycles. The zero-order valence-corrected chi connectivity index (χ0v) is 11.2. The standard InChI is InChI=1S/C14H20N4/c1-4-16-13(9-12-6-5-7-15-10-12)14-8-11(2)17-18(14)3/h5-8,10,13,16H,4,9H2,1-3H3. The zero-order valence-electron chi connectivity index (χ0n) is 11.2. The van der Waals surface area contributed by atoms with Crippen molar-refractivity contribution in [1.29, 1.82) is 0 Å². The van der Waals surface area contributed by atoms with Crippen LogP contribution in [-0.4, -0.2) is 21.3 Å². The van der Waals surface area contributed by atoms with Crippen LogP contribution in [-0.2, 0) is 13.5 Å². The van der Waals surface area contributed by atoms with Gasteiger partial charge in [0.15, 0.2) is 0 Å². The Morgan fingerprint density at radius 3 is 2.83 bits per heavy atom. The van der Waals surface area contributed by atoms with Gasteiger partial charge in [-0.15, -0.1) is 0 Å². The van der Waals surface area contributed by atoms with Crippen LogP contribution in [0.3, 0.4) is 0 Å². The lowest BCUT2D eigenvalue weighted by Crippen LogP contribution is -2.25. The van der Waals surface area contributed by atoms with E-state index in [0.29, 0.717) is 0 Å². The monoisotopic (exact) mass is 244 g/mol. The highest BCUT2D eigenvalue weighted by atomic mass is 15.3. The molecular weight excluding hydrogens is 224 g/mol. The molecule has 0 aliphatic heterocycles. The largest absolute Gasteiger partial charge is 0.309 e. The fraction of sp³-hybridized carbons (Fsp3) is 0.429. The number of pyridine rings is 1. The third-order valence-corrected chi connectivity index (χ3v) is 3.01. The first-order valence-electron chi connectivity index (χ1n) is 6.33. The molecule has 96 valence electrons. The Kier molecular flexibility index (Phi) is 4.10. The molecule has 2 rings (SSSR count). The van der Waals surface area contributed by atoms with Gasteiger partial charge in [0.25, 0.3) is 0 Å². The van der Waals surface area contributed by atoms with Crippen LogP contribution in [0.1, 0.15) is 29.9 Å². The van der Waals surface area contributed by atoms with Crippen LogP contribution in [0.25, 0.3) is 0 Å². The van der Waals surface area contributed by atoms with Crippen LogP contribution < -0.4 is 5.32 Å². The van der Waals surface area contributed by atoms with Crippen molar-refractivity contribution in [2.45, 2.75) is 26.3 Å². The SMILES string of the molecule is CCNC(Cc1cccnc1)c1cc(C)nn1C. The Bertz CT molecular complexity index is 490. The van der Waals surface area contributed by atoms with E-state index in [1.807, 2.05) is 30.9 Å². The molecule has 2 aromatic rings. The minimum Gasteiger partial charge on any atom is -0.309 e. The average molecular weight is 244 g/mol. The van der Waals surface area contributed by atoms with Crippen LogP contribution in [0, 0.1) is 6.92 Å². The van der Waals surface area contributed by atoms with Gasteiger partial charge in [0.05, 0.1) is 17.4 Å². The van der Waals surface area contributed by atoms with E-state index in [2.05, 4.69) is 34.5 Å². The molecule has 1 atom stereocenters. The Balaban J connectivity index is 2.21. The van der Waals surface area contributed by atoms with Gasteiger partial charge in [0.2, 0.25) is 0 Å². The molecule has 0 saturated heterocycles. The number of aromatic nitrogens is 3. The van der Waals surface area contributed by atoms with Crippen molar-refractivity contribution in [3.05, 3.63) is 47.5 Å². The minimum atomic E-state index is 0.283. The molecule has 0 spiro atoms. The van der Waals surface area contributed by atoms with Gasteiger partial charge < -0.3 is 5.32 Å². The maximum Gasteiger partial charge on any atom is 0.0597 e. The van der Waals surface area contributed by atoms with Crippen molar-refractivity contribution in [3.8, 4) is 0 Å². The van der Waals surface area contributed by atoms with Crippen molar-refractivity contribution in [3.63, 3.8) is 0 Å². The number of nitrogens with zero attached hydrogens (tertiary/aromatic N) is 3. The molecule has 2 heterocycles. The van der Waals surface area contributed by atoms with Crippen molar-refractivity contribution in [2.75, 3.05) is 6.54 Å². The second kappa shape index (κ2) is 5.78. The molecular formula is C14H20N4. The van der Waals surface area contributed by atoms with Gasteiger partial charge in [-0.1, -0.05) is 13.0 Å². The molecule has 1 unspecified atom stereocenters. The van der Waals surface area contributed by atoms with Gasteiger partial charge in [-0.3, -0.25) is 9.67 Å². The average Bonchev–Trinajstić information content (AvgIpc) is 2.69. The minimum absolute atomic E-state index is 0.283. The van der Waals surface area contributed by atoms with Gasteiger partial charge in [0.1, 0.15) is 0 Å². The first-order valence-corrected chi connectivity index (χ1v) is 6.33. The van der Waals surface area contributed by atoms with Crippen molar-refractivity contribution in [2.24, 2.45) is 7.05 Å². The quantitative estimate of drug-likeness (QED) is 0.875. The molecule has 1 N–H and O–H groups in total. The highest BCUT2D eigenvalue weighted by molar-refractivity contribution is 5.18. The highest BCUT2D eigenvalue weighted by Crippen LogP contribution is 2.18.